The van der Waals surface area contributed by atoms with Gasteiger partial charge in [-0.1, -0.05) is 72.8 Å². The molecule has 1 aliphatic carbocycles. The van der Waals surface area contributed by atoms with Gasteiger partial charge < -0.3 is 4.74 Å². The molecule has 0 spiro atoms. The molecule has 1 heterocycles. The maximum Gasteiger partial charge on any atom is 0.411 e. The van der Waals surface area contributed by atoms with E-state index in [0.717, 1.165) is 31.7 Å². The van der Waals surface area contributed by atoms with E-state index in [-0.39, 0.29) is 6.09 Å². The highest BCUT2D eigenvalue weighted by atomic mass is 16.5. The molecule has 3 aromatic rings. The van der Waals surface area contributed by atoms with Crippen LogP contribution < -0.4 is 5.32 Å². The molecule has 1 saturated carbocycles. The van der Waals surface area contributed by atoms with Crippen LogP contribution in [0.15, 0.2) is 84.9 Å². The minimum Gasteiger partial charge on any atom is -0.449 e. The highest BCUT2D eigenvalue weighted by molar-refractivity contribution is 5.84. The Kier molecular flexibility index (Phi) is 6.73. The summed E-state index contributed by atoms with van der Waals surface area (Å²) in [7, 11) is 0. The second-order valence-electron chi connectivity index (χ2n) is 9.52. The molecule has 4 nitrogen and oxygen atoms in total. The Labute approximate surface area is 196 Å². The molecule has 170 valence electrons. The predicted octanol–water partition coefficient (Wildman–Crippen LogP) is 5.98. The monoisotopic (exact) mass is 440 g/mol. The zero-order valence-corrected chi connectivity index (χ0v) is 19.0. The van der Waals surface area contributed by atoms with Crippen molar-refractivity contribution < 1.29 is 9.53 Å². The molecule has 5 rings (SSSR count). The van der Waals surface area contributed by atoms with Crippen LogP contribution in [0, 0.1) is 17.8 Å². The lowest BCUT2D eigenvalue weighted by molar-refractivity contribution is 0.0528. The SMILES string of the molecule is O=C(Nc1ccc(Cc2ccccc2)cc1)OCC1C2CCC1CN(Cc1ccccc1)C2. The van der Waals surface area contributed by atoms with Gasteiger partial charge in [-0.15, -0.1) is 0 Å². The van der Waals surface area contributed by atoms with E-state index in [9.17, 15) is 4.79 Å². The number of carbonyl (C=O) groups is 1. The molecule has 3 aromatic carbocycles. The lowest BCUT2D eigenvalue weighted by Gasteiger charge is -2.37. The number of fused-ring (bicyclic) bond motifs is 2. The fourth-order valence-corrected chi connectivity index (χ4v) is 5.54. The molecule has 33 heavy (non-hydrogen) atoms. The van der Waals surface area contributed by atoms with Crippen LogP contribution in [-0.2, 0) is 17.7 Å². The molecular weight excluding hydrogens is 408 g/mol. The average molecular weight is 441 g/mol. The van der Waals surface area contributed by atoms with Gasteiger partial charge in [-0.3, -0.25) is 10.2 Å². The summed E-state index contributed by atoms with van der Waals surface area (Å²) in [5.74, 6) is 1.73. The van der Waals surface area contributed by atoms with Crippen LogP contribution in [0.3, 0.4) is 0 Å². The second-order valence-corrected chi connectivity index (χ2v) is 9.52. The van der Waals surface area contributed by atoms with E-state index in [1.165, 1.54) is 29.5 Å². The Balaban J connectivity index is 1.08. The van der Waals surface area contributed by atoms with E-state index < -0.39 is 0 Å². The van der Waals surface area contributed by atoms with E-state index in [1.807, 2.05) is 18.2 Å². The number of rotatable bonds is 7. The van der Waals surface area contributed by atoms with Crippen molar-refractivity contribution in [2.45, 2.75) is 25.8 Å². The number of carbonyl (C=O) groups excluding carboxylic acids is 1. The number of piperidine rings is 1. The molecule has 2 unspecified atom stereocenters. The lowest BCUT2D eigenvalue weighted by Crippen LogP contribution is -2.43. The lowest BCUT2D eigenvalue weighted by atomic mass is 9.85. The zero-order chi connectivity index (χ0) is 22.5. The van der Waals surface area contributed by atoms with Crippen LogP contribution >= 0.6 is 0 Å². The Morgan fingerprint density at radius 1 is 0.788 bits per heavy atom. The van der Waals surface area contributed by atoms with Gasteiger partial charge in [0.05, 0.1) is 6.61 Å². The summed E-state index contributed by atoms with van der Waals surface area (Å²) in [5, 5.41) is 2.89. The fraction of sp³-hybridized carbons (Fsp3) is 0.345. The van der Waals surface area contributed by atoms with E-state index in [0.29, 0.717) is 24.4 Å². The maximum atomic E-state index is 12.4. The van der Waals surface area contributed by atoms with Gasteiger partial charge in [0.2, 0.25) is 0 Å². The summed E-state index contributed by atoms with van der Waals surface area (Å²) >= 11 is 0. The van der Waals surface area contributed by atoms with Crippen LogP contribution in [-0.4, -0.2) is 30.7 Å². The number of anilines is 1. The summed E-state index contributed by atoms with van der Waals surface area (Å²) in [4.78, 5) is 15.0. The Hall–Kier alpha value is -3.11. The van der Waals surface area contributed by atoms with Crippen LogP contribution in [0.1, 0.15) is 29.5 Å². The number of hydrogen-bond acceptors (Lipinski definition) is 3. The molecule has 1 saturated heterocycles. The van der Waals surface area contributed by atoms with E-state index in [4.69, 9.17) is 4.74 Å². The average Bonchev–Trinajstić information content (AvgIpc) is 3.08. The first-order chi connectivity index (χ1) is 16.2. The van der Waals surface area contributed by atoms with Gasteiger partial charge in [0, 0.05) is 31.2 Å². The first kappa shape index (κ1) is 21.7. The van der Waals surface area contributed by atoms with Crippen molar-refractivity contribution in [1.82, 2.24) is 4.90 Å². The number of nitrogens with zero attached hydrogens (tertiary/aromatic N) is 1. The van der Waals surface area contributed by atoms with Crippen molar-refractivity contribution in [2.75, 3.05) is 25.0 Å². The Bertz CT molecular complexity index is 1020. The van der Waals surface area contributed by atoms with Gasteiger partial charge in [-0.2, -0.15) is 0 Å². The number of likely N-dealkylation sites (tertiary alicyclic amines) is 1. The zero-order valence-electron chi connectivity index (χ0n) is 19.0. The fourth-order valence-electron chi connectivity index (χ4n) is 5.54. The highest BCUT2D eigenvalue weighted by Crippen LogP contribution is 2.42. The molecule has 1 amide bonds. The van der Waals surface area contributed by atoms with E-state index in [2.05, 4.69) is 76.9 Å². The Morgan fingerprint density at radius 3 is 2.00 bits per heavy atom. The number of ether oxygens (including phenoxy) is 1. The molecule has 2 fully saturated rings. The predicted molar refractivity (Wildman–Crippen MR) is 132 cm³/mol. The van der Waals surface area contributed by atoms with Crippen molar-refractivity contribution in [2.24, 2.45) is 17.8 Å². The summed E-state index contributed by atoms with van der Waals surface area (Å²) in [6, 6.07) is 29.1. The molecule has 2 bridgehead atoms. The van der Waals surface area contributed by atoms with Crippen molar-refractivity contribution in [3.8, 4) is 0 Å². The quantitative estimate of drug-likeness (QED) is 0.491. The first-order valence-electron chi connectivity index (χ1n) is 12.1. The summed E-state index contributed by atoms with van der Waals surface area (Å²) < 4.78 is 5.68. The second kappa shape index (κ2) is 10.2. The number of benzene rings is 3. The molecule has 1 aliphatic heterocycles. The molecule has 4 heteroatoms. The van der Waals surface area contributed by atoms with Gasteiger partial charge in [0.15, 0.2) is 0 Å². The minimum atomic E-state index is -0.350. The van der Waals surface area contributed by atoms with Gasteiger partial charge in [-0.05, 0) is 59.9 Å². The topological polar surface area (TPSA) is 41.6 Å². The van der Waals surface area contributed by atoms with Gasteiger partial charge in [0.1, 0.15) is 0 Å². The summed E-state index contributed by atoms with van der Waals surface area (Å²) in [6.07, 6.45) is 3.03. The minimum absolute atomic E-state index is 0.350. The Morgan fingerprint density at radius 2 is 1.36 bits per heavy atom. The normalized spacial score (nSPS) is 22.1. The van der Waals surface area contributed by atoms with E-state index >= 15 is 0 Å². The molecule has 1 N–H and O–H groups in total. The van der Waals surface area contributed by atoms with Crippen LogP contribution in [0.5, 0.6) is 0 Å². The number of nitrogens with one attached hydrogen (secondary N) is 1. The van der Waals surface area contributed by atoms with Gasteiger partial charge in [0.25, 0.3) is 0 Å². The van der Waals surface area contributed by atoms with Gasteiger partial charge in [-0.25, -0.2) is 4.79 Å². The van der Waals surface area contributed by atoms with Crippen molar-refractivity contribution in [3.05, 3.63) is 102 Å². The first-order valence-corrected chi connectivity index (χ1v) is 12.1. The molecule has 2 atom stereocenters. The third kappa shape index (κ3) is 5.63. The van der Waals surface area contributed by atoms with Crippen LogP contribution in [0.25, 0.3) is 0 Å². The third-order valence-corrected chi connectivity index (χ3v) is 7.21. The largest absolute Gasteiger partial charge is 0.449 e. The van der Waals surface area contributed by atoms with Crippen molar-refractivity contribution in [1.29, 1.82) is 0 Å². The summed E-state index contributed by atoms with van der Waals surface area (Å²) in [5.41, 5.74) is 4.65. The molecule has 2 aliphatic rings. The maximum absolute atomic E-state index is 12.4. The number of hydrogen-bond donors (Lipinski definition) is 1. The molecule has 0 aromatic heterocycles. The smallest absolute Gasteiger partial charge is 0.411 e. The van der Waals surface area contributed by atoms with Gasteiger partial charge >= 0.3 is 6.09 Å². The highest BCUT2D eigenvalue weighted by Gasteiger charge is 2.42. The van der Waals surface area contributed by atoms with Crippen molar-refractivity contribution >= 4 is 11.8 Å². The van der Waals surface area contributed by atoms with E-state index in [1.54, 1.807) is 0 Å². The van der Waals surface area contributed by atoms with Crippen LogP contribution in [0.4, 0.5) is 10.5 Å². The number of amides is 1. The standard InChI is InChI=1S/C29H32N2O2/c32-29(30-27-15-11-23(12-16-27)17-22-7-3-1-4-8-22)33-21-28-25-13-14-26(28)20-31(19-25)18-24-9-5-2-6-10-24/h1-12,15-16,25-26,28H,13-14,17-21H2,(H,30,32). The van der Waals surface area contributed by atoms with Crippen molar-refractivity contribution in [3.63, 3.8) is 0 Å². The molecule has 0 radical (unpaired) electrons. The molecular formula is C29H32N2O2. The summed E-state index contributed by atoms with van der Waals surface area (Å²) in [6.45, 7) is 3.74. The third-order valence-electron chi connectivity index (χ3n) is 7.21. The van der Waals surface area contributed by atoms with Crippen LogP contribution in [0.2, 0.25) is 0 Å².